The highest BCUT2D eigenvalue weighted by molar-refractivity contribution is 7.89. The lowest BCUT2D eigenvalue weighted by atomic mass is 9.99. The summed E-state index contributed by atoms with van der Waals surface area (Å²) in [5.74, 6) is 0.142. The molecule has 0 spiro atoms. The molecule has 0 saturated carbocycles. The summed E-state index contributed by atoms with van der Waals surface area (Å²) < 4.78 is 30.6. The summed E-state index contributed by atoms with van der Waals surface area (Å²) in [6.07, 6.45) is 1.32. The molecule has 1 atom stereocenters. The molecule has 1 aromatic carbocycles. The molecule has 1 saturated heterocycles. The van der Waals surface area contributed by atoms with Crippen molar-refractivity contribution in [2.75, 3.05) is 18.8 Å². The molecule has 1 aromatic heterocycles. The van der Waals surface area contributed by atoms with Gasteiger partial charge in [0.15, 0.2) is 0 Å². The molecule has 1 N–H and O–H groups in total. The van der Waals surface area contributed by atoms with Gasteiger partial charge in [0.25, 0.3) is 0 Å². The standard InChI is InChI=1S/C17H21ClN4O4S/c1-2-27(24,25)22-9-3-4-13(11-22)17(23)19-10-15-20-16(21-26-15)12-5-7-14(18)8-6-12/h5-8,13H,2-4,9-11H2,1H3,(H,19,23). The molecule has 0 aliphatic carbocycles. The molecule has 0 radical (unpaired) electrons. The lowest BCUT2D eigenvalue weighted by Crippen LogP contribution is -2.45. The zero-order valence-corrected chi connectivity index (χ0v) is 16.5. The number of carbonyl (C=O) groups excluding carboxylic acids is 1. The number of sulfonamides is 1. The van der Waals surface area contributed by atoms with Gasteiger partial charge in [-0.3, -0.25) is 4.79 Å². The van der Waals surface area contributed by atoms with Gasteiger partial charge in [-0.1, -0.05) is 16.8 Å². The molecule has 2 heterocycles. The first-order valence-corrected chi connectivity index (χ1v) is 10.7. The Bertz CT molecular complexity index is 898. The van der Waals surface area contributed by atoms with Crippen LogP contribution in [0, 0.1) is 5.92 Å². The highest BCUT2D eigenvalue weighted by Crippen LogP contribution is 2.21. The SMILES string of the molecule is CCS(=O)(=O)N1CCCC(C(=O)NCc2nc(-c3ccc(Cl)cc3)no2)C1. The van der Waals surface area contributed by atoms with Gasteiger partial charge >= 0.3 is 0 Å². The van der Waals surface area contributed by atoms with E-state index in [1.807, 2.05) is 0 Å². The highest BCUT2D eigenvalue weighted by atomic mass is 35.5. The van der Waals surface area contributed by atoms with Gasteiger partial charge in [-0.2, -0.15) is 4.98 Å². The predicted molar refractivity (Wildman–Crippen MR) is 100 cm³/mol. The molecule has 1 amide bonds. The van der Waals surface area contributed by atoms with Crippen molar-refractivity contribution in [1.82, 2.24) is 19.8 Å². The van der Waals surface area contributed by atoms with Crippen LogP contribution in [-0.2, 0) is 21.4 Å². The van der Waals surface area contributed by atoms with Crippen molar-refractivity contribution in [3.63, 3.8) is 0 Å². The summed E-state index contributed by atoms with van der Waals surface area (Å²) in [7, 11) is -3.28. The van der Waals surface area contributed by atoms with Crippen LogP contribution in [0.25, 0.3) is 11.4 Å². The summed E-state index contributed by atoms with van der Waals surface area (Å²) in [6.45, 7) is 2.37. The van der Waals surface area contributed by atoms with Crippen LogP contribution < -0.4 is 5.32 Å². The average molecular weight is 413 g/mol. The van der Waals surface area contributed by atoms with Crippen molar-refractivity contribution in [3.8, 4) is 11.4 Å². The summed E-state index contributed by atoms with van der Waals surface area (Å²) in [5.41, 5.74) is 0.758. The van der Waals surface area contributed by atoms with Crippen LogP contribution in [0.15, 0.2) is 28.8 Å². The number of nitrogens with zero attached hydrogens (tertiary/aromatic N) is 3. The molecule has 1 aliphatic rings. The maximum atomic E-state index is 12.4. The van der Waals surface area contributed by atoms with Crippen LogP contribution in [0.3, 0.4) is 0 Å². The van der Waals surface area contributed by atoms with Gasteiger partial charge < -0.3 is 9.84 Å². The predicted octanol–water partition coefficient (Wildman–Crippen LogP) is 2.07. The lowest BCUT2D eigenvalue weighted by Gasteiger charge is -2.30. The van der Waals surface area contributed by atoms with Gasteiger partial charge in [0.2, 0.25) is 27.6 Å². The van der Waals surface area contributed by atoms with Gasteiger partial charge in [-0.25, -0.2) is 12.7 Å². The van der Waals surface area contributed by atoms with Crippen LogP contribution >= 0.6 is 11.6 Å². The minimum atomic E-state index is -3.28. The zero-order chi connectivity index (χ0) is 19.4. The second-order valence-electron chi connectivity index (χ2n) is 6.33. The molecule has 1 unspecified atom stereocenters. The number of piperidine rings is 1. The summed E-state index contributed by atoms with van der Waals surface area (Å²) in [5, 5.41) is 7.26. The average Bonchev–Trinajstić information content (AvgIpc) is 3.16. The van der Waals surface area contributed by atoms with E-state index in [1.54, 1.807) is 31.2 Å². The Morgan fingerprint density at radius 2 is 2.11 bits per heavy atom. The third-order valence-electron chi connectivity index (χ3n) is 4.50. The van der Waals surface area contributed by atoms with Gasteiger partial charge in [-0.05, 0) is 44.0 Å². The number of carbonyl (C=O) groups is 1. The van der Waals surface area contributed by atoms with E-state index < -0.39 is 10.0 Å². The Morgan fingerprint density at radius 1 is 1.37 bits per heavy atom. The molecule has 1 fully saturated rings. The van der Waals surface area contributed by atoms with Crippen LogP contribution in [0.1, 0.15) is 25.7 Å². The lowest BCUT2D eigenvalue weighted by molar-refractivity contribution is -0.126. The fourth-order valence-corrected chi connectivity index (χ4v) is 4.25. The summed E-state index contributed by atoms with van der Waals surface area (Å²) in [6, 6.07) is 7.02. The number of aromatic nitrogens is 2. The van der Waals surface area contributed by atoms with Crippen molar-refractivity contribution in [2.45, 2.75) is 26.3 Å². The molecule has 27 heavy (non-hydrogen) atoms. The first-order chi connectivity index (χ1) is 12.9. The molecule has 3 rings (SSSR count). The van der Waals surface area contributed by atoms with Crippen molar-refractivity contribution in [1.29, 1.82) is 0 Å². The van der Waals surface area contributed by atoms with E-state index in [1.165, 1.54) is 4.31 Å². The number of halogens is 1. The first-order valence-electron chi connectivity index (χ1n) is 8.73. The third kappa shape index (κ3) is 4.85. The number of rotatable bonds is 6. The van der Waals surface area contributed by atoms with E-state index in [0.29, 0.717) is 30.2 Å². The van der Waals surface area contributed by atoms with Crippen LogP contribution in [0.5, 0.6) is 0 Å². The van der Waals surface area contributed by atoms with E-state index in [2.05, 4.69) is 15.5 Å². The van der Waals surface area contributed by atoms with Crippen molar-refractivity contribution < 1.29 is 17.7 Å². The van der Waals surface area contributed by atoms with Crippen LogP contribution in [-0.4, -0.2) is 47.6 Å². The number of amides is 1. The fraction of sp³-hybridized carbons (Fsp3) is 0.471. The Labute approximate surface area is 162 Å². The van der Waals surface area contributed by atoms with Crippen LogP contribution in [0.2, 0.25) is 5.02 Å². The maximum absolute atomic E-state index is 12.4. The number of hydrogen-bond acceptors (Lipinski definition) is 6. The Hall–Kier alpha value is -1.97. The van der Waals surface area contributed by atoms with E-state index in [9.17, 15) is 13.2 Å². The van der Waals surface area contributed by atoms with Crippen LogP contribution in [0.4, 0.5) is 0 Å². The fourth-order valence-electron chi connectivity index (χ4n) is 2.94. The molecular weight excluding hydrogens is 392 g/mol. The first kappa shape index (κ1) is 19.8. The Morgan fingerprint density at radius 3 is 2.81 bits per heavy atom. The maximum Gasteiger partial charge on any atom is 0.246 e. The van der Waals surface area contributed by atoms with E-state index in [4.69, 9.17) is 16.1 Å². The minimum absolute atomic E-state index is 0.0385. The summed E-state index contributed by atoms with van der Waals surface area (Å²) >= 11 is 5.86. The number of hydrogen-bond donors (Lipinski definition) is 1. The van der Waals surface area contributed by atoms with Gasteiger partial charge in [0.05, 0.1) is 18.2 Å². The van der Waals surface area contributed by atoms with E-state index in [-0.39, 0.29) is 36.6 Å². The zero-order valence-electron chi connectivity index (χ0n) is 14.9. The minimum Gasteiger partial charge on any atom is -0.347 e. The number of benzene rings is 1. The van der Waals surface area contributed by atoms with Crippen molar-refractivity contribution >= 4 is 27.5 Å². The smallest absolute Gasteiger partial charge is 0.246 e. The second kappa shape index (κ2) is 8.37. The van der Waals surface area contributed by atoms with Crippen molar-refractivity contribution in [3.05, 3.63) is 35.2 Å². The number of nitrogens with one attached hydrogen (secondary N) is 1. The molecule has 10 heteroatoms. The molecule has 0 bridgehead atoms. The highest BCUT2D eigenvalue weighted by Gasteiger charge is 2.31. The largest absolute Gasteiger partial charge is 0.347 e. The Kier molecular flexibility index (Phi) is 6.13. The van der Waals surface area contributed by atoms with Crippen molar-refractivity contribution in [2.24, 2.45) is 5.92 Å². The Balaban J connectivity index is 1.57. The summed E-state index contributed by atoms with van der Waals surface area (Å²) in [4.78, 5) is 16.7. The van der Waals surface area contributed by atoms with E-state index in [0.717, 1.165) is 5.56 Å². The normalized spacial score (nSPS) is 18.4. The topological polar surface area (TPSA) is 105 Å². The van der Waals surface area contributed by atoms with Gasteiger partial charge in [0, 0.05) is 23.7 Å². The van der Waals surface area contributed by atoms with E-state index >= 15 is 0 Å². The van der Waals surface area contributed by atoms with Gasteiger partial charge in [-0.15, -0.1) is 0 Å². The molecule has 1 aliphatic heterocycles. The quantitative estimate of drug-likeness (QED) is 0.778. The molecule has 8 nitrogen and oxygen atoms in total. The molecule has 2 aromatic rings. The third-order valence-corrected chi connectivity index (χ3v) is 6.60. The monoisotopic (exact) mass is 412 g/mol. The van der Waals surface area contributed by atoms with Gasteiger partial charge in [0.1, 0.15) is 0 Å². The molecular formula is C17H21ClN4O4S. The molecule has 146 valence electrons. The second-order valence-corrected chi connectivity index (χ2v) is 9.03.